The van der Waals surface area contributed by atoms with E-state index in [1.807, 2.05) is 13.8 Å². The van der Waals surface area contributed by atoms with Crippen molar-refractivity contribution < 1.29 is 33.2 Å². The maximum absolute atomic E-state index is 12.4. The van der Waals surface area contributed by atoms with E-state index in [1.165, 1.54) is 0 Å². The fourth-order valence-corrected chi connectivity index (χ4v) is 3.13. The number of hydrogen-bond donors (Lipinski definition) is 0. The van der Waals surface area contributed by atoms with Gasteiger partial charge in [-0.25, -0.2) is 4.79 Å². The summed E-state index contributed by atoms with van der Waals surface area (Å²) in [6.45, 7) is 11.5. The molecule has 0 aromatic carbocycles. The summed E-state index contributed by atoms with van der Waals surface area (Å²) in [6.07, 6.45) is -3.03. The minimum Gasteiger partial charge on any atom is -0.463 e. The van der Waals surface area contributed by atoms with Gasteiger partial charge in [-0.05, 0) is 33.6 Å². The van der Waals surface area contributed by atoms with Crippen molar-refractivity contribution in [2.24, 2.45) is 5.92 Å². The highest BCUT2D eigenvalue weighted by Crippen LogP contribution is 2.44. The predicted octanol–water partition coefficient (Wildman–Crippen LogP) is 1.58. The van der Waals surface area contributed by atoms with E-state index in [2.05, 4.69) is 0 Å². The van der Waals surface area contributed by atoms with Gasteiger partial charge in [-0.2, -0.15) is 0 Å². The summed E-state index contributed by atoms with van der Waals surface area (Å²) in [5, 5.41) is 0. The zero-order valence-electron chi connectivity index (χ0n) is 14.5. The number of rotatable bonds is 3. The summed E-state index contributed by atoms with van der Waals surface area (Å²) in [6, 6.07) is 0. The normalized spacial score (nSPS) is 40.7. The van der Waals surface area contributed by atoms with Gasteiger partial charge < -0.3 is 28.4 Å². The smallest absolute Gasteiger partial charge is 0.338 e. The highest BCUT2D eigenvalue weighted by molar-refractivity contribution is 5.76. The molecule has 5 unspecified atom stereocenters. The molecule has 0 aromatic heterocycles. The van der Waals surface area contributed by atoms with E-state index in [1.54, 1.807) is 27.7 Å². The van der Waals surface area contributed by atoms with Gasteiger partial charge in [0.2, 0.25) is 0 Å². The Kier molecular flexibility index (Phi) is 4.21. The van der Waals surface area contributed by atoms with Gasteiger partial charge in [-0.3, -0.25) is 0 Å². The molecule has 0 spiro atoms. The average Bonchev–Trinajstić information content (AvgIpc) is 2.89. The highest BCUT2D eigenvalue weighted by Gasteiger charge is 2.62. The van der Waals surface area contributed by atoms with Crippen molar-refractivity contribution in [3.05, 3.63) is 0 Å². The molecule has 5 atom stereocenters. The first-order valence-corrected chi connectivity index (χ1v) is 8.11. The van der Waals surface area contributed by atoms with Gasteiger partial charge in [-0.1, -0.05) is 13.8 Å². The lowest BCUT2D eigenvalue weighted by molar-refractivity contribution is -0.239. The summed E-state index contributed by atoms with van der Waals surface area (Å²) >= 11 is 0. The SMILES string of the molecule is CC(C)COC(=O)C1OC2OC(C)(C)OC2C2OC(C)(C)OC12. The minimum absolute atomic E-state index is 0.244. The molecule has 3 heterocycles. The van der Waals surface area contributed by atoms with E-state index in [0.29, 0.717) is 6.61 Å². The minimum atomic E-state index is -0.890. The molecular weight excluding hydrogens is 304 g/mol. The molecule has 0 bridgehead atoms. The first-order valence-electron chi connectivity index (χ1n) is 8.11. The zero-order valence-corrected chi connectivity index (χ0v) is 14.5. The summed E-state index contributed by atoms with van der Waals surface area (Å²) < 4.78 is 34.6. The Morgan fingerprint density at radius 3 is 2.17 bits per heavy atom. The molecular formula is C16H26O7. The maximum atomic E-state index is 12.4. The van der Waals surface area contributed by atoms with Gasteiger partial charge in [0.1, 0.15) is 18.3 Å². The molecule has 0 amide bonds. The third kappa shape index (κ3) is 3.39. The van der Waals surface area contributed by atoms with E-state index in [0.717, 1.165) is 0 Å². The van der Waals surface area contributed by atoms with Crippen LogP contribution < -0.4 is 0 Å². The quantitative estimate of drug-likeness (QED) is 0.728. The lowest BCUT2D eigenvalue weighted by atomic mass is 9.99. The lowest BCUT2D eigenvalue weighted by Crippen LogP contribution is -2.57. The van der Waals surface area contributed by atoms with Crippen LogP contribution in [-0.4, -0.2) is 54.9 Å². The Bertz CT molecular complexity index is 473. The largest absolute Gasteiger partial charge is 0.463 e. The van der Waals surface area contributed by atoms with Gasteiger partial charge in [0.15, 0.2) is 24.0 Å². The number of carbonyl (C=O) groups is 1. The van der Waals surface area contributed by atoms with Crippen molar-refractivity contribution >= 4 is 5.97 Å². The zero-order chi connectivity index (χ0) is 17.0. The van der Waals surface area contributed by atoms with Crippen LogP contribution in [0.15, 0.2) is 0 Å². The van der Waals surface area contributed by atoms with E-state index >= 15 is 0 Å². The van der Waals surface area contributed by atoms with Crippen LogP contribution in [0.4, 0.5) is 0 Å². The van der Waals surface area contributed by atoms with Crippen LogP contribution in [0, 0.1) is 5.92 Å². The van der Waals surface area contributed by atoms with Crippen LogP contribution in [-0.2, 0) is 33.2 Å². The summed E-state index contributed by atoms with van der Waals surface area (Å²) in [5.41, 5.74) is 0. The predicted molar refractivity (Wildman–Crippen MR) is 78.3 cm³/mol. The van der Waals surface area contributed by atoms with Crippen molar-refractivity contribution in [1.82, 2.24) is 0 Å². The second-order valence-electron chi connectivity index (χ2n) is 7.61. The first-order chi connectivity index (χ1) is 10.6. The Hall–Kier alpha value is -0.730. The number of esters is 1. The molecule has 7 nitrogen and oxygen atoms in total. The van der Waals surface area contributed by atoms with Gasteiger partial charge >= 0.3 is 5.97 Å². The molecule has 0 N–H and O–H groups in total. The molecule has 3 rings (SSSR count). The van der Waals surface area contributed by atoms with Crippen molar-refractivity contribution in [2.75, 3.05) is 6.61 Å². The number of fused-ring (bicyclic) bond motifs is 3. The first kappa shape index (κ1) is 17.1. The van der Waals surface area contributed by atoms with Crippen LogP contribution in [0.5, 0.6) is 0 Å². The van der Waals surface area contributed by atoms with Crippen molar-refractivity contribution in [3.8, 4) is 0 Å². The van der Waals surface area contributed by atoms with Crippen molar-refractivity contribution in [1.29, 1.82) is 0 Å². The molecule has 132 valence electrons. The van der Waals surface area contributed by atoms with Crippen LogP contribution in [0.2, 0.25) is 0 Å². The van der Waals surface area contributed by atoms with E-state index < -0.39 is 48.2 Å². The number of ether oxygens (including phenoxy) is 6. The van der Waals surface area contributed by atoms with E-state index in [4.69, 9.17) is 28.4 Å². The van der Waals surface area contributed by atoms with Crippen molar-refractivity contribution in [2.45, 2.75) is 83.8 Å². The number of hydrogen-bond acceptors (Lipinski definition) is 7. The molecule has 0 saturated carbocycles. The third-order valence-electron chi connectivity index (χ3n) is 3.95. The molecule has 3 aliphatic heterocycles. The Labute approximate surface area is 136 Å². The van der Waals surface area contributed by atoms with Gasteiger partial charge in [0.05, 0.1) is 6.61 Å². The Balaban J connectivity index is 1.80. The fraction of sp³-hybridized carbons (Fsp3) is 0.938. The molecule has 23 heavy (non-hydrogen) atoms. The molecule has 0 aliphatic carbocycles. The van der Waals surface area contributed by atoms with Crippen LogP contribution in [0.25, 0.3) is 0 Å². The topological polar surface area (TPSA) is 72.5 Å². The average molecular weight is 330 g/mol. The van der Waals surface area contributed by atoms with Crippen LogP contribution in [0.3, 0.4) is 0 Å². The summed E-state index contributed by atoms with van der Waals surface area (Å²) in [4.78, 5) is 12.4. The second-order valence-corrected chi connectivity index (χ2v) is 7.61. The molecule has 3 saturated heterocycles. The van der Waals surface area contributed by atoms with Crippen molar-refractivity contribution in [3.63, 3.8) is 0 Å². The molecule has 7 heteroatoms. The molecule has 3 fully saturated rings. The Morgan fingerprint density at radius 2 is 1.52 bits per heavy atom. The molecule has 0 radical (unpaired) electrons. The van der Waals surface area contributed by atoms with Crippen LogP contribution >= 0.6 is 0 Å². The van der Waals surface area contributed by atoms with Gasteiger partial charge in [0, 0.05) is 0 Å². The Morgan fingerprint density at radius 1 is 0.957 bits per heavy atom. The van der Waals surface area contributed by atoms with Gasteiger partial charge in [0.25, 0.3) is 0 Å². The molecule has 0 aromatic rings. The second kappa shape index (κ2) is 5.67. The standard InChI is InChI=1S/C16H26O7/c1-8(2)7-18-13(17)11-9-10(21-15(3,4)20-9)12-14(19-11)23-16(5,6)22-12/h8-12,14H,7H2,1-6H3. The summed E-state index contributed by atoms with van der Waals surface area (Å²) in [7, 11) is 0. The van der Waals surface area contributed by atoms with E-state index in [-0.39, 0.29) is 5.92 Å². The monoisotopic (exact) mass is 330 g/mol. The fourth-order valence-electron chi connectivity index (χ4n) is 3.13. The highest BCUT2D eigenvalue weighted by atomic mass is 16.9. The summed E-state index contributed by atoms with van der Waals surface area (Å²) in [5.74, 6) is -1.83. The number of carbonyl (C=O) groups excluding carboxylic acids is 1. The van der Waals surface area contributed by atoms with E-state index in [9.17, 15) is 4.79 Å². The molecule has 3 aliphatic rings. The lowest BCUT2D eigenvalue weighted by Gasteiger charge is -2.35. The van der Waals surface area contributed by atoms with Crippen LogP contribution in [0.1, 0.15) is 41.5 Å². The van der Waals surface area contributed by atoms with Gasteiger partial charge in [-0.15, -0.1) is 0 Å². The maximum Gasteiger partial charge on any atom is 0.338 e. The third-order valence-corrected chi connectivity index (χ3v) is 3.95.